The number of rotatable bonds is 4. The van der Waals surface area contributed by atoms with E-state index >= 15 is 0 Å². The molecule has 0 spiro atoms. The minimum absolute atomic E-state index is 0.286. The van der Waals surface area contributed by atoms with Crippen molar-refractivity contribution in [1.29, 1.82) is 0 Å². The molecule has 0 aromatic heterocycles. The second kappa shape index (κ2) is 8.90. The van der Waals surface area contributed by atoms with E-state index < -0.39 is 0 Å². The van der Waals surface area contributed by atoms with Crippen molar-refractivity contribution in [3.05, 3.63) is 28.3 Å². The molecule has 1 N–H and O–H groups in total. The second-order valence-electron chi connectivity index (χ2n) is 22.9. The summed E-state index contributed by atoms with van der Waals surface area (Å²) >= 11 is 0. The Morgan fingerprint density at radius 1 is 0.319 bits per heavy atom. The molecule has 252 valence electrons. The van der Waals surface area contributed by atoms with E-state index in [1.165, 1.54) is 135 Å². The summed E-state index contributed by atoms with van der Waals surface area (Å²) in [5, 5.41) is 13.1. The van der Waals surface area contributed by atoms with E-state index in [0.717, 1.165) is 76.8 Å². The van der Waals surface area contributed by atoms with Crippen molar-refractivity contribution >= 4 is 0 Å². The molecule has 1 nitrogen and oxygen atoms in total. The molecule has 16 saturated carbocycles. The molecular formula is C46H62O. The maximum absolute atomic E-state index is 13.1. The minimum Gasteiger partial charge on any atom is -0.508 e. The Hall–Kier alpha value is -0.980. The monoisotopic (exact) mass is 630 g/mol. The van der Waals surface area contributed by atoms with Crippen molar-refractivity contribution in [2.24, 2.45) is 71.0 Å². The predicted octanol–water partition coefficient (Wildman–Crippen LogP) is 11.3. The number of aromatic hydroxyl groups is 1. The number of benzene rings is 1. The first-order valence-corrected chi connectivity index (χ1v) is 21.7. The molecule has 0 saturated heterocycles. The fourth-order valence-electron chi connectivity index (χ4n) is 20.4. The first-order chi connectivity index (χ1) is 22.8. The van der Waals surface area contributed by atoms with Gasteiger partial charge in [0, 0.05) is 11.0 Å². The van der Waals surface area contributed by atoms with Crippen molar-refractivity contribution in [2.45, 2.75) is 176 Å². The zero-order chi connectivity index (χ0) is 30.5. The predicted molar refractivity (Wildman–Crippen MR) is 188 cm³/mol. The van der Waals surface area contributed by atoms with Crippen LogP contribution in [-0.2, 0) is 21.7 Å². The molecule has 0 amide bonds. The molecule has 0 aliphatic heterocycles. The summed E-state index contributed by atoms with van der Waals surface area (Å²) in [6, 6.07) is 2.64. The molecule has 16 fully saturated rings. The number of hydrogen-bond donors (Lipinski definition) is 1. The number of phenols is 1. The van der Waals surface area contributed by atoms with Crippen molar-refractivity contribution in [3.8, 4) is 5.75 Å². The van der Waals surface area contributed by atoms with Gasteiger partial charge in [-0.15, -0.1) is 0 Å². The van der Waals surface area contributed by atoms with Gasteiger partial charge in [0.2, 0.25) is 0 Å². The van der Waals surface area contributed by atoms with E-state index in [2.05, 4.69) is 6.07 Å². The van der Waals surface area contributed by atoms with Crippen LogP contribution in [0.5, 0.6) is 5.75 Å². The van der Waals surface area contributed by atoms with Gasteiger partial charge in [-0.25, -0.2) is 0 Å². The summed E-state index contributed by atoms with van der Waals surface area (Å²) in [4.78, 5) is 0. The van der Waals surface area contributed by atoms with Crippen LogP contribution in [0.25, 0.3) is 0 Å². The maximum atomic E-state index is 13.1. The average molecular weight is 631 g/mol. The van der Waals surface area contributed by atoms with Gasteiger partial charge in [-0.1, -0.05) is 0 Å². The summed E-state index contributed by atoms with van der Waals surface area (Å²) in [6.07, 6.45) is 36.1. The standard InChI is InChI=1S/C46H62O/c47-39-13-38(43-14-26-1-27(15-43)3-28(2-26)16-43)40(44-17-29-4-30(18-44)6-31(5-29)19-44)42(46-23-35-10-36(24-46)12-37(11-35)25-46)41(39)45-20-32-7-33(21-45)9-34(8-32)22-45/h13,26-37,47H,1-12,14-25H2. The molecule has 1 aromatic rings. The normalized spacial score (nSPS) is 58.3. The van der Waals surface area contributed by atoms with Gasteiger partial charge in [0.25, 0.3) is 0 Å². The van der Waals surface area contributed by atoms with Crippen LogP contribution in [0.1, 0.15) is 176 Å². The van der Waals surface area contributed by atoms with Gasteiger partial charge in [0.15, 0.2) is 0 Å². The Labute approximate surface area is 285 Å². The van der Waals surface area contributed by atoms with Crippen LogP contribution in [-0.4, -0.2) is 5.11 Å². The van der Waals surface area contributed by atoms with E-state index in [9.17, 15) is 5.11 Å². The number of hydrogen-bond acceptors (Lipinski definition) is 1. The van der Waals surface area contributed by atoms with Gasteiger partial charge < -0.3 is 5.11 Å². The molecular weight excluding hydrogens is 569 g/mol. The molecule has 16 bridgehead atoms. The molecule has 16 aliphatic carbocycles. The van der Waals surface area contributed by atoms with Crippen LogP contribution in [0, 0.1) is 71.0 Å². The third kappa shape index (κ3) is 3.65. The molecule has 0 heterocycles. The highest BCUT2D eigenvalue weighted by atomic mass is 16.3. The average Bonchev–Trinajstić information content (AvgIpc) is 2.98. The summed E-state index contributed by atoms with van der Waals surface area (Å²) in [6.45, 7) is 0. The van der Waals surface area contributed by atoms with Crippen molar-refractivity contribution < 1.29 is 5.11 Å². The Kier molecular flexibility index (Phi) is 5.25. The van der Waals surface area contributed by atoms with E-state index in [4.69, 9.17) is 0 Å². The topological polar surface area (TPSA) is 20.2 Å². The fraction of sp³-hybridized carbons (Fsp3) is 0.870. The first-order valence-electron chi connectivity index (χ1n) is 21.7. The van der Waals surface area contributed by atoms with Crippen molar-refractivity contribution in [2.75, 3.05) is 0 Å². The Morgan fingerprint density at radius 2 is 0.553 bits per heavy atom. The van der Waals surface area contributed by atoms with Crippen LogP contribution in [0.4, 0.5) is 0 Å². The molecule has 0 radical (unpaired) electrons. The van der Waals surface area contributed by atoms with Crippen LogP contribution in [0.3, 0.4) is 0 Å². The Morgan fingerprint density at radius 3 is 0.851 bits per heavy atom. The largest absolute Gasteiger partial charge is 0.508 e. The third-order valence-electron chi connectivity index (χ3n) is 19.6. The third-order valence-corrected chi connectivity index (χ3v) is 19.6. The summed E-state index contributed by atoms with van der Waals surface area (Å²) in [7, 11) is 0. The first kappa shape index (κ1) is 27.7. The highest BCUT2D eigenvalue weighted by Crippen LogP contribution is 2.72. The maximum Gasteiger partial charge on any atom is 0.119 e. The lowest BCUT2D eigenvalue weighted by molar-refractivity contribution is -0.0293. The van der Waals surface area contributed by atoms with E-state index in [-0.39, 0.29) is 5.41 Å². The second-order valence-corrected chi connectivity index (χ2v) is 22.9. The smallest absolute Gasteiger partial charge is 0.119 e. The van der Waals surface area contributed by atoms with Gasteiger partial charge in [-0.3, -0.25) is 0 Å². The van der Waals surface area contributed by atoms with Gasteiger partial charge in [-0.2, -0.15) is 0 Å². The van der Waals surface area contributed by atoms with Crippen LogP contribution >= 0.6 is 0 Å². The van der Waals surface area contributed by atoms with E-state index in [1.807, 2.05) is 16.7 Å². The van der Waals surface area contributed by atoms with Crippen molar-refractivity contribution in [1.82, 2.24) is 0 Å². The lowest BCUT2D eigenvalue weighted by Gasteiger charge is -2.65. The van der Waals surface area contributed by atoms with Crippen LogP contribution in [0.15, 0.2) is 6.07 Å². The molecule has 1 heteroatoms. The van der Waals surface area contributed by atoms with E-state index in [0.29, 0.717) is 16.2 Å². The van der Waals surface area contributed by atoms with Gasteiger partial charge in [0.1, 0.15) is 5.75 Å². The lowest BCUT2D eigenvalue weighted by Crippen LogP contribution is -2.56. The fourth-order valence-corrected chi connectivity index (χ4v) is 20.4. The number of phenolic OH excluding ortho intramolecular Hbond substituents is 1. The quantitative estimate of drug-likeness (QED) is 0.351. The molecule has 17 rings (SSSR count). The summed E-state index contributed by atoms with van der Waals surface area (Å²) < 4.78 is 0. The molecule has 0 atom stereocenters. The zero-order valence-electron chi connectivity index (χ0n) is 29.4. The van der Waals surface area contributed by atoms with Gasteiger partial charge in [0.05, 0.1) is 0 Å². The summed E-state index contributed by atoms with van der Waals surface area (Å²) in [5.74, 6) is 12.5. The van der Waals surface area contributed by atoms with Crippen molar-refractivity contribution in [3.63, 3.8) is 0 Å². The molecule has 0 unspecified atom stereocenters. The highest BCUT2D eigenvalue weighted by Gasteiger charge is 2.63. The highest BCUT2D eigenvalue weighted by molar-refractivity contribution is 5.62. The minimum atomic E-state index is 0.286. The molecule has 1 aromatic carbocycles. The zero-order valence-corrected chi connectivity index (χ0v) is 29.4. The van der Waals surface area contributed by atoms with Gasteiger partial charge >= 0.3 is 0 Å². The van der Waals surface area contributed by atoms with Gasteiger partial charge in [-0.05, 0) is 264 Å². The van der Waals surface area contributed by atoms with Crippen LogP contribution in [0.2, 0.25) is 0 Å². The lowest BCUT2D eigenvalue weighted by atomic mass is 9.39. The molecule has 47 heavy (non-hydrogen) atoms. The SMILES string of the molecule is Oc1cc(C23CC4CC(CC(C4)C2)C3)c(C23CC4CC(CC(C4)C2)C3)c(C23CC4CC(CC(C4)C2)C3)c1C12CC3CC(CC(C3)C1)C2. The van der Waals surface area contributed by atoms with Crippen LogP contribution < -0.4 is 0 Å². The van der Waals surface area contributed by atoms with E-state index in [1.54, 1.807) is 24.8 Å². The Bertz CT molecular complexity index is 1400. The Balaban J connectivity index is 1.12. The molecule has 16 aliphatic rings. The summed E-state index contributed by atoms with van der Waals surface area (Å²) in [5.41, 5.74) is 8.97.